The van der Waals surface area contributed by atoms with E-state index in [0.717, 1.165) is 25.7 Å². The number of halogens is 1. The SMILES string of the molecule is Cn1nnc(Br)c1S(=O)(=O)N(CC(N)=O)C1CCCC1. The number of carbonyl (C=O) groups is 1. The summed E-state index contributed by atoms with van der Waals surface area (Å²) in [6.07, 6.45) is 3.35. The lowest BCUT2D eigenvalue weighted by atomic mass is 10.2. The Bertz CT molecular complexity index is 589. The van der Waals surface area contributed by atoms with Crippen molar-refractivity contribution in [2.24, 2.45) is 12.8 Å². The van der Waals surface area contributed by atoms with Crippen LogP contribution in [0.4, 0.5) is 0 Å². The number of primary amides is 1. The third-order valence-electron chi connectivity index (χ3n) is 3.33. The number of sulfonamides is 1. The lowest BCUT2D eigenvalue weighted by Gasteiger charge is -2.26. The van der Waals surface area contributed by atoms with Crippen molar-refractivity contribution >= 4 is 31.9 Å². The Morgan fingerprint density at radius 3 is 2.55 bits per heavy atom. The molecule has 20 heavy (non-hydrogen) atoms. The number of amides is 1. The number of nitrogens with two attached hydrogens (primary N) is 1. The summed E-state index contributed by atoms with van der Waals surface area (Å²) in [6.45, 7) is -0.329. The second-order valence-corrected chi connectivity index (χ2v) is 7.32. The first kappa shape index (κ1) is 15.4. The first-order valence-corrected chi connectivity index (χ1v) is 8.42. The van der Waals surface area contributed by atoms with E-state index in [1.807, 2.05) is 0 Å². The quantitative estimate of drug-likeness (QED) is 0.788. The van der Waals surface area contributed by atoms with Crippen molar-refractivity contribution in [3.05, 3.63) is 4.60 Å². The van der Waals surface area contributed by atoms with Gasteiger partial charge in [0, 0.05) is 13.1 Å². The molecule has 10 heteroatoms. The predicted molar refractivity (Wildman–Crippen MR) is 74.0 cm³/mol. The molecule has 112 valence electrons. The summed E-state index contributed by atoms with van der Waals surface area (Å²) < 4.78 is 28.0. The van der Waals surface area contributed by atoms with Crippen LogP contribution in [-0.4, -0.2) is 46.2 Å². The maximum atomic E-state index is 12.7. The van der Waals surface area contributed by atoms with Gasteiger partial charge in [0.2, 0.25) is 10.9 Å². The van der Waals surface area contributed by atoms with Crippen LogP contribution in [0.5, 0.6) is 0 Å². The van der Waals surface area contributed by atoms with Gasteiger partial charge in [-0.1, -0.05) is 18.1 Å². The van der Waals surface area contributed by atoms with Gasteiger partial charge in [0.05, 0.1) is 6.54 Å². The summed E-state index contributed by atoms with van der Waals surface area (Å²) in [7, 11) is -2.39. The molecule has 1 aromatic rings. The summed E-state index contributed by atoms with van der Waals surface area (Å²) in [5.41, 5.74) is 5.19. The molecular formula is C10H16BrN5O3S. The molecule has 2 rings (SSSR count). The summed E-state index contributed by atoms with van der Waals surface area (Å²) in [6, 6.07) is -0.200. The van der Waals surface area contributed by atoms with Crippen molar-refractivity contribution in [2.75, 3.05) is 6.54 Å². The fourth-order valence-electron chi connectivity index (χ4n) is 2.46. The Morgan fingerprint density at radius 1 is 1.50 bits per heavy atom. The van der Waals surface area contributed by atoms with Crippen molar-refractivity contribution < 1.29 is 13.2 Å². The fourth-order valence-corrected chi connectivity index (χ4v) is 5.15. The molecule has 0 saturated heterocycles. The number of hydrogen-bond donors (Lipinski definition) is 1. The highest BCUT2D eigenvalue weighted by atomic mass is 79.9. The highest BCUT2D eigenvalue weighted by molar-refractivity contribution is 9.10. The van der Waals surface area contributed by atoms with Crippen LogP contribution in [0.1, 0.15) is 25.7 Å². The van der Waals surface area contributed by atoms with Crippen LogP contribution in [0.15, 0.2) is 9.63 Å². The Balaban J connectivity index is 2.43. The molecule has 1 aliphatic rings. The summed E-state index contributed by atoms with van der Waals surface area (Å²) in [4.78, 5) is 11.2. The van der Waals surface area contributed by atoms with E-state index in [2.05, 4.69) is 26.2 Å². The van der Waals surface area contributed by atoms with E-state index in [9.17, 15) is 13.2 Å². The molecular weight excluding hydrogens is 350 g/mol. The van der Waals surface area contributed by atoms with Crippen LogP contribution in [0.3, 0.4) is 0 Å². The molecule has 2 N–H and O–H groups in total. The molecule has 1 aliphatic carbocycles. The third kappa shape index (κ3) is 2.86. The zero-order valence-corrected chi connectivity index (χ0v) is 13.4. The Morgan fingerprint density at radius 2 is 2.10 bits per heavy atom. The molecule has 1 fully saturated rings. The first-order valence-electron chi connectivity index (χ1n) is 6.19. The molecule has 0 unspecified atom stereocenters. The standard InChI is InChI=1S/C10H16BrN5O3S/c1-15-10(9(11)13-14-15)20(18,19)16(6-8(12)17)7-4-2-3-5-7/h7H,2-6H2,1H3,(H2,12,17). The van der Waals surface area contributed by atoms with Crippen LogP contribution >= 0.6 is 15.9 Å². The average Bonchev–Trinajstić information content (AvgIpc) is 2.96. The highest BCUT2D eigenvalue weighted by Gasteiger charge is 2.37. The summed E-state index contributed by atoms with van der Waals surface area (Å²) in [5.74, 6) is -0.674. The minimum atomic E-state index is -3.87. The van der Waals surface area contributed by atoms with Gasteiger partial charge in [0.1, 0.15) is 0 Å². The molecule has 1 aromatic heterocycles. The number of aromatic nitrogens is 3. The maximum absolute atomic E-state index is 12.7. The van der Waals surface area contributed by atoms with Gasteiger partial charge >= 0.3 is 0 Å². The number of hydrogen-bond acceptors (Lipinski definition) is 5. The lowest BCUT2D eigenvalue weighted by Crippen LogP contribution is -2.44. The number of nitrogens with zero attached hydrogens (tertiary/aromatic N) is 4. The van der Waals surface area contributed by atoms with Crippen LogP contribution in [0.25, 0.3) is 0 Å². The second-order valence-electron chi connectivity index (χ2n) is 4.76. The monoisotopic (exact) mass is 365 g/mol. The van der Waals surface area contributed by atoms with Crippen molar-refractivity contribution in [2.45, 2.75) is 36.8 Å². The first-order chi connectivity index (χ1) is 9.34. The Hall–Kier alpha value is -1.00. The molecule has 0 aliphatic heterocycles. The molecule has 8 nitrogen and oxygen atoms in total. The van der Waals surface area contributed by atoms with Crippen LogP contribution < -0.4 is 5.73 Å². The van der Waals surface area contributed by atoms with Gasteiger partial charge in [-0.05, 0) is 28.8 Å². The number of rotatable bonds is 5. The van der Waals surface area contributed by atoms with E-state index in [4.69, 9.17) is 5.73 Å². The molecule has 0 radical (unpaired) electrons. The topological polar surface area (TPSA) is 111 Å². The number of aryl methyl sites for hydroxylation is 1. The van der Waals surface area contributed by atoms with Crippen LogP contribution in [-0.2, 0) is 21.9 Å². The van der Waals surface area contributed by atoms with E-state index in [0.29, 0.717) is 0 Å². The molecule has 0 aromatic carbocycles. The van der Waals surface area contributed by atoms with Gasteiger partial charge in [-0.3, -0.25) is 4.79 Å². The Kier molecular flexibility index (Phi) is 4.45. The molecule has 0 spiro atoms. The van der Waals surface area contributed by atoms with Gasteiger partial charge in [-0.15, -0.1) is 5.10 Å². The largest absolute Gasteiger partial charge is 0.369 e. The summed E-state index contributed by atoms with van der Waals surface area (Å²) in [5, 5.41) is 7.28. The lowest BCUT2D eigenvalue weighted by molar-refractivity contribution is -0.118. The van der Waals surface area contributed by atoms with Crippen molar-refractivity contribution in [3.8, 4) is 0 Å². The van der Waals surface area contributed by atoms with Gasteiger partial charge in [-0.2, -0.15) is 4.31 Å². The zero-order valence-electron chi connectivity index (χ0n) is 11.0. The zero-order chi connectivity index (χ0) is 14.9. The molecule has 0 bridgehead atoms. The smallest absolute Gasteiger partial charge is 0.263 e. The molecule has 0 atom stereocenters. The van der Waals surface area contributed by atoms with Gasteiger partial charge in [-0.25, -0.2) is 13.1 Å². The minimum Gasteiger partial charge on any atom is -0.369 e. The predicted octanol–water partition coefficient (Wildman–Crippen LogP) is -0.00380. The van der Waals surface area contributed by atoms with Gasteiger partial charge < -0.3 is 5.73 Å². The molecule has 1 heterocycles. The minimum absolute atomic E-state index is 0.0642. The van der Waals surface area contributed by atoms with E-state index >= 15 is 0 Å². The molecule has 1 amide bonds. The third-order valence-corrected chi connectivity index (χ3v) is 6.12. The fraction of sp³-hybridized carbons (Fsp3) is 0.700. The van der Waals surface area contributed by atoms with Crippen molar-refractivity contribution in [1.29, 1.82) is 0 Å². The second kappa shape index (κ2) is 5.78. The number of carbonyl (C=O) groups excluding carboxylic acids is 1. The van der Waals surface area contributed by atoms with Crippen LogP contribution in [0.2, 0.25) is 0 Å². The van der Waals surface area contributed by atoms with Crippen LogP contribution in [0, 0.1) is 0 Å². The van der Waals surface area contributed by atoms with Gasteiger partial charge in [0.15, 0.2) is 4.60 Å². The maximum Gasteiger partial charge on any atom is 0.263 e. The Labute approximate surface area is 125 Å². The van der Waals surface area contributed by atoms with Crippen molar-refractivity contribution in [3.63, 3.8) is 0 Å². The summed E-state index contributed by atoms with van der Waals surface area (Å²) >= 11 is 3.08. The highest BCUT2D eigenvalue weighted by Crippen LogP contribution is 2.30. The normalized spacial score (nSPS) is 16.9. The van der Waals surface area contributed by atoms with Gasteiger partial charge in [0.25, 0.3) is 10.0 Å². The van der Waals surface area contributed by atoms with E-state index in [1.165, 1.54) is 16.0 Å². The molecule has 1 saturated carbocycles. The van der Waals surface area contributed by atoms with E-state index in [-0.39, 0.29) is 22.2 Å². The van der Waals surface area contributed by atoms with E-state index in [1.54, 1.807) is 0 Å². The van der Waals surface area contributed by atoms with Crippen molar-refractivity contribution in [1.82, 2.24) is 19.3 Å². The average molecular weight is 366 g/mol. The van der Waals surface area contributed by atoms with E-state index < -0.39 is 15.9 Å².